The summed E-state index contributed by atoms with van der Waals surface area (Å²) >= 11 is 2.96. The molecule has 0 saturated carbocycles. The molecule has 7 aromatic rings. The van der Waals surface area contributed by atoms with E-state index >= 15 is 14.4 Å². The van der Waals surface area contributed by atoms with Gasteiger partial charge in [-0.25, -0.2) is 9.59 Å². The molecule has 3 N–H and O–H groups in total. The van der Waals surface area contributed by atoms with E-state index in [9.17, 15) is 4.79 Å². The number of nitrogens with one attached hydrogen (secondary N) is 3. The van der Waals surface area contributed by atoms with Gasteiger partial charge in [-0.15, -0.1) is 23.5 Å². The van der Waals surface area contributed by atoms with Gasteiger partial charge < -0.3 is 44.4 Å². The average molecular weight is 1680 g/mol. The molecule has 7 aromatic carbocycles. The Bertz CT molecular complexity index is 3760. The number of benzene rings is 7. The number of esters is 1. The second-order valence-electron chi connectivity index (χ2n) is 33.9. The summed E-state index contributed by atoms with van der Waals surface area (Å²) in [5.41, 5.74) is 5.34. The molecule has 3 atom stereocenters. The van der Waals surface area contributed by atoms with E-state index in [2.05, 4.69) is 78.3 Å². The maximum Gasteiger partial charge on any atom is 0.408 e. The van der Waals surface area contributed by atoms with E-state index in [4.69, 9.17) is 28.4 Å². The van der Waals surface area contributed by atoms with Crippen molar-refractivity contribution in [2.24, 2.45) is 0 Å². The molecule has 0 heterocycles. The Morgan fingerprint density at radius 2 is 0.650 bits per heavy atom. The van der Waals surface area contributed by atoms with Gasteiger partial charge >= 0.3 is 12.1 Å². The van der Waals surface area contributed by atoms with Crippen LogP contribution >= 0.6 is 23.5 Å². The van der Waals surface area contributed by atoms with Gasteiger partial charge in [0.15, 0.2) is 0 Å². The zero-order valence-corrected chi connectivity index (χ0v) is 76.5. The van der Waals surface area contributed by atoms with Crippen molar-refractivity contribution in [1.82, 2.24) is 16.0 Å². The third-order valence-corrected chi connectivity index (χ3v) is 26.2. The number of ether oxygens (including phenoxy) is 6. The fourth-order valence-electron chi connectivity index (χ4n) is 16.0. The molecule has 13 nitrogen and oxygen atoms in total. The first-order valence-electron chi connectivity index (χ1n) is 46.6. The van der Waals surface area contributed by atoms with Gasteiger partial charge in [0, 0.05) is 23.1 Å². The van der Waals surface area contributed by atoms with Gasteiger partial charge in [0.1, 0.15) is 53.3 Å². The highest BCUT2D eigenvalue weighted by atomic mass is 32.2. The van der Waals surface area contributed by atoms with Gasteiger partial charge in [-0.3, -0.25) is 9.59 Å². The van der Waals surface area contributed by atoms with Crippen molar-refractivity contribution in [3.05, 3.63) is 227 Å². The molecule has 0 aliphatic heterocycles. The van der Waals surface area contributed by atoms with Gasteiger partial charge in [-0.05, 0) is 110 Å². The Morgan fingerprint density at radius 3 is 0.983 bits per heavy atom. The Kier molecular flexibility index (Phi) is 48.8. The summed E-state index contributed by atoms with van der Waals surface area (Å²) in [5.74, 6) is 0.708. The second-order valence-corrected chi connectivity index (χ2v) is 36.4. The van der Waals surface area contributed by atoms with Crippen LogP contribution in [0.4, 0.5) is 4.79 Å². The quantitative estimate of drug-likeness (QED) is 0.0188. The van der Waals surface area contributed by atoms with Crippen LogP contribution in [0.5, 0.6) is 23.0 Å². The first kappa shape index (κ1) is 99.2. The highest BCUT2D eigenvalue weighted by Gasteiger charge is 2.42. The van der Waals surface area contributed by atoms with E-state index in [0.29, 0.717) is 41.8 Å². The summed E-state index contributed by atoms with van der Waals surface area (Å²) in [7, 11) is 3.27. The monoisotopic (exact) mass is 1680 g/mol. The van der Waals surface area contributed by atoms with Crippen molar-refractivity contribution in [3.63, 3.8) is 0 Å². The van der Waals surface area contributed by atoms with Crippen LogP contribution in [0.25, 0.3) is 0 Å². The third kappa shape index (κ3) is 36.7. The van der Waals surface area contributed by atoms with Crippen molar-refractivity contribution in [2.45, 2.75) is 338 Å². The third-order valence-electron chi connectivity index (χ3n) is 22.9. The van der Waals surface area contributed by atoms with Crippen LogP contribution in [0.3, 0.4) is 0 Å². The van der Waals surface area contributed by atoms with Gasteiger partial charge in [-0.1, -0.05) is 403 Å². The van der Waals surface area contributed by atoms with E-state index in [1.165, 1.54) is 248 Å². The number of thioether (sulfide) groups is 2. The zero-order valence-electron chi connectivity index (χ0n) is 74.8. The van der Waals surface area contributed by atoms with Crippen LogP contribution in [0.2, 0.25) is 0 Å². The number of methoxy groups -OCH3 is 2. The van der Waals surface area contributed by atoms with Gasteiger partial charge in [0.05, 0.1) is 36.9 Å². The molecule has 0 aliphatic rings. The summed E-state index contributed by atoms with van der Waals surface area (Å²) in [5, 5.41) is 8.92. The number of carbonyl (C=O) groups excluding carboxylic acids is 4. The normalized spacial score (nSPS) is 12.4. The Hall–Kier alpha value is -7.88. The number of unbranched alkanes of at least 4 members (excludes halogenated alkanes) is 38. The number of hydrogen-bond acceptors (Lipinski definition) is 12. The minimum atomic E-state index is -1.27. The van der Waals surface area contributed by atoms with Crippen LogP contribution < -0.4 is 34.9 Å². The van der Waals surface area contributed by atoms with Crippen LogP contribution in [-0.2, 0) is 40.0 Å². The van der Waals surface area contributed by atoms with Crippen molar-refractivity contribution in [1.29, 1.82) is 0 Å². The zero-order chi connectivity index (χ0) is 85.4. The fraction of sp³-hybridized carbons (Fsp3) is 0.562. The number of rotatable bonds is 66. The maximum atomic E-state index is 15.5. The molecule has 15 heteroatoms. The number of carbonyl (C=O) groups is 4. The lowest BCUT2D eigenvalue weighted by atomic mass is 9.84. The molecule has 658 valence electrons. The predicted octanol–water partition coefficient (Wildman–Crippen LogP) is 27.5. The molecule has 0 spiro atoms. The average Bonchev–Trinajstić information content (AvgIpc) is 0.759. The molecule has 0 saturated heterocycles. The lowest BCUT2D eigenvalue weighted by molar-refractivity contribution is -0.148. The molecule has 120 heavy (non-hydrogen) atoms. The molecule has 0 unspecified atom stereocenters. The van der Waals surface area contributed by atoms with Crippen LogP contribution in [0.1, 0.15) is 337 Å². The Labute approximate surface area is 733 Å². The topological polar surface area (TPSA) is 160 Å². The van der Waals surface area contributed by atoms with E-state index in [0.717, 1.165) is 65.5 Å². The van der Waals surface area contributed by atoms with Crippen molar-refractivity contribution in [3.8, 4) is 23.0 Å². The summed E-state index contributed by atoms with van der Waals surface area (Å²) in [6.07, 6.45) is 51.9. The molecule has 0 fully saturated rings. The highest BCUT2D eigenvalue weighted by molar-refractivity contribution is 8.01. The predicted molar refractivity (Wildman–Crippen MR) is 502 cm³/mol. The van der Waals surface area contributed by atoms with Crippen LogP contribution in [-0.4, -0.2) is 86.5 Å². The molecule has 0 aliphatic carbocycles. The SMILES string of the molecule is CCCCCCCCCCCCCCCCCCCCCCOc1ccc(COC(=O)[C@H](CSC(c2ccccc2)(c2ccccc2)c2ccc(OC)cc2)NC(=O)[C@H](C)NC(=O)[C@H](CSC(c2ccccc2)(c2ccccc2)c2ccc(OC)cc2)NC(=O)OC(C)(C)C)c(OCCCCCCCCCCCCCCCCCCCCCC)c1. The van der Waals surface area contributed by atoms with E-state index in [1.54, 1.807) is 41.9 Å². The molecule has 0 aromatic heterocycles. The number of amides is 3. The molecular formula is C105H151N3O10S2. The Balaban J connectivity index is 1.06. The molecule has 0 radical (unpaired) electrons. The first-order valence-corrected chi connectivity index (χ1v) is 48.6. The van der Waals surface area contributed by atoms with Crippen molar-refractivity contribution >= 4 is 47.4 Å². The largest absolute Gasteiger partial charge is 0.497 e. The number of hydrogen-bond donors (Lipinski definition) is 3. The molecule has 0 bridgehead atoms. The highest BCUT2D eigenvalue weighted by Crippen LogP contribution is 2.51. The lowest BCUT2D eigenvalue weighted by Gasteiger charge is -2.37. The van der Waals surface area contributed by atoms with E-state index < -0.39 is 57.1 Å². The minimum absolute atomic E-state index is 0.0159. The Morgan fingerprint density at radius 1 is 0.342 bits per heavy atom. The van der Waals surface area contributed by atoms with Crippen molar-refractivity contribution < 1.29 is 47.6 Å². The summed E-state index contributed by atoms with van der Waals surface area (Å²) < 4.78 is 34.9. The van der Waals surface area contributed by atoms with Crippen molar-refractivity contribution in [2.75, 3.05) is 38.9 Å². The lowest BCUT2D eigenvalue weighted by Crippen LogP contribution is -2.56. The maximum absolute atomic E-state index is 15.5. The molecule has 7 rings (SSSR count). The van der Waals surface area contributed by atoms with Crippen LogP contribution in [0, 0.1) is 0 Å². The molecular weight excluding hydrogens is 1530 g/mol. The fourth-order valence-corrected chi connectivity index (χ4v) is 19.1. The van der Waals surface area contributed by atoms with Gasteiger partial charge in [-0.2, -0.15) is 0 Å². The minimum Gasteiger partial charge on any atom is -0.497 e. The van der Waals surface area contributed by atoms with Gasteiger partial charge in [0.25, 0.3) is 0 Å². The summed E-state index contributed by atoms with van der Waals surface area (Å²) in [6, 6.07) is 58.2. The van der Waals surface area contributed by atoms with Crippen LogP contribution in [0.15, 0.2) is 188 Å². The second kappa shape index (κ2) is 59.0. The number of alkyl carbamates (subject to hydrolysis) is 1. The summed E-state index contributed by atoms with van der Waals surface area (Å²) in [6.45, 7) is 12.3. The van der Waals surface area contributed by atoms with Gasteiger partial charge in [0.2, 0.25) is 11.8 Å². The smallest absolute Gasteiger partial charge is 0.408 e. The standard InChI is InChI=1S/C105H151N3O10S2/c1-9-11-13-15-17-19-21-23-25-27-29-31-33-35-37-39-41-43-45-59-79-115-95-74-69-86(98(81-95)116-80-60-46-44-42-40-38-36-34-32-30-28-26-24-22-20-18-16-14-12-10-2)82-117-101(111)97(84-120-105(89-65-55-49-56-66-89,90-67-57-50-58-68-90)92-72-77-94(114-8)78-73-92)107-99(109)85(3)106-100(110)96(108-102(112)118-103(4,5)6)83-119-104(87-61-51-47-52-62-87,88-63-53-48-54-64-88)91-70-75-93(113-7)76-71-91/h47-58,61-78,81,85,96-97H,9-46,59-60,79-80,82-84H2,1-8H3,(H,106,110)(H,107,109)(H,108,112)/t85-,96-,97-/m0/s1. The molecule has 3 amide bonds. The first-order chi connectivity index (χ1) is 58.6. The summed E-state index contributed by atoms with van der Waals surface area (Å²) in [4.78, 5) is 59.9. The van der Waals surface area contributed by atoms with E-state index in [1.807, 2.05) is 140 Å². The van der Waals surface area contributed by atoms with E-state index in [-0.39, 0.29) is 18.1 Å².